The van der Waals surface area contributed by atoms with Crippen LogP contribution in [0.2, 0.25) is 0 Å². The standard InChI is InChI=1S/C24H22N4O3/c1-16-12-19(13-20(14-25)23(29)27-24(26)30)17(2)28(16)21-8-10-22(11-9-21)31-15-18-6-4-3-5-7-18/h3-13H,15H2,1-2H3,(H3,26,27,29,30)/b20-13-. The van der Waals surface area contributed by atoms with Gasteiger partial charge in [0, 0.05) is 17.1 Å². The van der Waals surface area contributed by atoms with Gasteiger partial charge in [-0.1, -0.05) is 30.3 Å². The van der Waals surface area contributed by atoms with Gasteiger partial charge in [-0.05, 0) is 61.4 Å². The number of rotatable bonds is 6. The van der Waals surface area contributed by atoms with Gasteiger partial charge >= 0.3 is 6.03 Å². The number of benzene rings is 2. The number of imide groups is 1. The van der Waals surface area contributed by atoms with Crippen molar-refractivity contribution in [3.05, 3.63) is 88.8 Å². The van der Waals surface area contributed by atoms with Crippen LogP contribution in [0.5, 0.6) is 5.75 Å². The second-order valence-electron chi connectivity index (χ2n) is 6.92. The molecule has 0 radical (unpaired) electrons. The molecule has 0 aliphatic rings. The fourth-order valence-corrected chi connectivity index (χ4v) is 3.25. The molecule has 3 rings (SSSR count). The number of carbonyl (C=O) groups is 2. The van der Waals surface area contributed by atoms with Gasteiger partial charge in [-0.2, -0.15) is 5.26 Å². The lowest BCUT2D eigenvalue weighted by atomic mass is 10.1. The van der Waals surface area contributed by atoms with E-state index in [-0.39, 0.29) is 5.57 Å². The van der Waals surface area contributed by atoms with Crippen molar-refractivity contribution in [2.45, 2.75) is 20.5 Å². The highest BCUT2D eigenvalue weighted by Gasteiger charge is 2.15. The number of amides is 3. The molecule has 0 atom stereocenters. The lowest BCUT2D eigenvalue weighted by Gasteiger charge is -2.11. The fourth-order valence-electron chi connectivity index (χ4n) is 3.25. The molecule has 1 heterocycles. The van der Waals surface area contributed by atoms with Gasteiger partial charge in [-0.3, -0.25) is 10.1 Å². The minimum Gasteiger partial charge on any atom is -0.489 e. The molecule has 0 unspecified atom stereocenters. The van der Waals surface area contributed by atoms with Gasteiger partial charge in [-0.25, -0.2) is 4.79 Å². The van der Waals surface area contributed by atoms with Crippen molar-refractivity contribution >= 4 is 18.0 Å². The number of urea groups is 1. The summed E-state index contributed by atoms with van der Waals surface area (Å²) >= 11 is 0. The molecular formula is C24H22N4O3. The number of hydrogen-bond donors (Lipinski definition) is 2. The second kappa shape index (κ2) is 9.46. The van der Waals surface area contributed by atoms with Crippen molar-refractivity contribution in [1.29, 1.82) is 5.26 Å². The third kappa shape index (κ3) is 5.19. The number of carbonyl (C=O) groups excluding carboxylic acids is 2. The van der Waals surface area contributed by atoms with Crippen LogP contribution in [-0.2, 0) is 11.4 Å². The van der Waals surface area contributed by atoms with Gasteiger partial charge in [0.1, 0.15) is 24.0 Å². The Hall–Kier alpha value is -4.31. The topological polar surface area (TPSA) is 110 Å². The summed E-state index contributed by atoms with van der Waals surface area (Å²) in [5.74, 6) is -0.0789. The van der Waals surface area contributed by atoms with Crippen LogP contribution in [0, 0.1) is 25.2 Å². The first-order valence-electron chi connectivity index (χ1n) is 9.57. The average molecular weight is 414 g/mol. The van der Waals surface area contributed by atoms with E-state index < -0.39 is 11.9 Å². The first-order chi connectivity index (χ1) is 14.9. The van der Waals surface area contributed by atoms with Crippen molar-refractivity contribution in [2.24, 2.45) is 5.73 Å². The molecule has 0 aliphatic carbocycles. The van der Waals surface area contributed by atoms with Crippen molar-refractivity contribution in [1.82, 2.24) is 9.88 Å². The molecule has 7 heteroatoms. The van der Waals surface area contributed by atoms with Crippen LogP contribution in [0.3, 0.4) is 0 Å². The summed E-state index contributed by atoms with van der Waals surface area (Å²) in [5.41, 5.74) is 9.22. The van der Waals surface area contributed by atoms with Crippen LogP contribution in [0.25, 0.3) is 11.8 Å². The number of nitrogens with one attached hydrogen (secondary N) is 1. The minimum absolute atomic E-state index is 0.205. The minimum atomic E-state index is -1.01. The predicted molar refractivity (Wildman–Crippen MR) is 117 cm³/mol. The number of aryl methyl sites for hydroxylation is 1. The van der Waals surface area contributed by atoms with Crippen LogP contribution in [0.1, 0.15) is 22.5 Å². The zero-order chi connectivity index (χ0) is 22.4. The number of nitrogens with two attached hydrogens (primary N) is 1. The molecule has 156 valence electrons. The predicted octanol–water partition coefficient (Wildman–Crippen LogP) is 3.78. The van der Waals surface area contributed by atoms with Gasteiger partial charge in [0.2, 0.25) is 0 Å². The molecule has 0 aliphatic heterocycles. The number of nitriles is 1. The van der Waals surface area contributed by atoms with E-state index in [4.69, 9.17) is 10.5 Å². The van der Waals surface area contributed by atoms with Crippen LogP contribution in [0.4, 0.5) is 4.79 Å². The SMILES string of the molecule is Cc1cc(/C=C(/C#N)C(=O)NC(N)=O)c(C)n1-c1ccc(OCc2ccccc2)cc1. The molecule has 31 heavy (non-hydrogen) atoms. The van der Waals surface area contributed by atoms with E-state index in [9.17, 15) is 14.9 Å². The summed E-state index contributed by atoms with van der Waals surface area (Å²) in [6, 6.07) is 20.3. The van der Waals surface area contributed by atoms with E-state index in [1.165, 1.54) is 6.08 Å². The highest BCUT2D eigenvalue weighted by atomic mass is 16.5. The Kier molecular flexibility index (Phi) is 6.53. The molecule has 1 aromatic heterocycles. The Balaban J connectivity index is 1.81. The van der Waals surface area contributed by atoms with Gasteiger partial charge in [-0.15, -0.1) is 0 Å². The highest BCUT2D eigenvalue weighted by Crippen LogP contribution is 2.24. The summed E-state index contributed by atoms with van der Waals surface area (Å²) < 4.78 is 7.84. The van der Waals surface area contributed by atoms with Crippen molar-refractivity contribution in [3.63, 3.8) is 0 Å². The monoisotopic (exact) mass is 414 g/mol. The zero-order valence-corrected chi connectivity index (χ0v) is 17.3. The Bertz CT molecular complexity index is 1170. The van der Waals surface area contributed by atoms with Gasteiger partial charge < -0.3 is 15.0 Å². The second-order valence-corrected chi connectivity index (χ2v) is 6.92. The Morgan fingerprint density at radius 1 is 1.13 bits per heavy atom. The molecule has 3 amide bonds. The van der Waals surface area contributed by atoms with Gasteiger partial charge in [0.15, 0.2) is 0 Å². The molecule has 0 bridgehead atoms. The maximum atomic E-state index is 11.9. The van der Waals surface area contributed by atoms with Gasteiger partial charge in [0.25, 0.3) is 5.91 Å². The van der Waals surface area contributed by atoms with E-state index in [0.29, 0.717) is 12.2 Å². The first-order valence-corrected chi connectivity index (χ1v) is 9.57. The number of aromatic nitrogens is 1. The number of ether oxygens (including phenoxy) is 1. The lowest BCUT2D eigenvalue weighted by Crippen LogP contribution is -2.35. The Morgan fingerprint density at radius 2 is 1.81 bits per heavy atom. The van der Waals surface area contributed by atoms with Crippen LogP contribution in [0.15, 0.2) is 66.2 Å². The maximum Gasteiger partial charge on any atom is 0.319 e. The summed E-state index contributed by atoms with van der Waals surface area (Å²) in [6.07, 6.45) is 1.44. The summed E-state index contributed by atoms with van der Waals surface area (Å²) in [4.78, 5) is 22.8. The average Bonchev–Trinajstić information content (AvgIpc) is 3.04. The van der Waals surface area contributed by atoms with Crippen molar-refractivity contribution in [3.8, 4) is 17.5 Å². The van der Waals surface area contributed by atoms with Crippen LogP contribution >= 0.6 is 0 Å². The molecule has 0 saturated heterocycles. The van der Waals surface area contributed by atoms with E-state index in [2.05, 4.69) is 0 Å². The molecular weight excluding hydrogens is 392 g/mol. The third-order valence-corrected chi connectivity index (χ3v) is 4.72. The fraction of sp³-hybridized carbons (Fsp3) is 0.125. The number of nitrogens with zero attached hydrogens (tertiary/aromatic N) is 2. The molecule has 3 aromatic rings. The molecule has 0 fully saturated rings. The molecule has 0 spiro atoms. The van der Waals surface area contributed by atoms with E-state index in [1.54, 1.807) is 6.07 Å². The van der Waals surface area contributed by atoms with Crippen LogP contribution < -0.4 is 15.8 Å². The Labute approximate surface area is 180 Å². The van der Waals surface area contributed by atoms with Crippen LogP contribution in [-0.4, -0.2) is 16.5 Å². The normalized spacial score (nSPS) is 10.9. The van der Waals surface area contributed by atoms with E-state index in [0.717, 1.165) is 28.4 Å². The third-order valence-electron chi connectivity index (χ3n) is 4.72. The summed E-state index contributed by atoms with van der Waals surface area (Å²) in [6.45, 7) is 4.31. The summed E-state index contributed by atoms with van der Waals surface area (Å²) in [7, 11) is 0. The van der Waals surface area contributed by atoms with E-state index >= 15 is 0 Å². The van der Waals surface area contributed by atoms with Crippen molar-refractivity contribution in [2.75, 3.05) is 0 Å². The molecule has 0 saturated carbocycles. The zero-order valence-electron chi connectivity index (χ0n) is 17.3. The van der Waals surface area contributed by atoms with Gasteiger partial charge in [0.05, 0.1) is 0 Å². The number of primary amides is 1. The molecule has 2 aromatic carbocycles. The first kappa shape index (κ1) is 21.4. The highest BCUT2D eigenvalue weighted by molar-refractivity contribution is 6.08. The lowest BCUT2D eigenvalue weighted by molar-refractivity contribution is -0.115. The molecule has 7 nitrogen and oxygen atoms in total. The Morgan fingerprint density at radius 3 is 2.42 bits per heavy atom. The molecule has 3 N–H and O–H groups in total. The number of hydrogen-bond acceptors (Lipinski definition) is 4. The maximum absolute atomic E-state index is 11.9. The quantitative estimate of drug-likeness (QED) is 0.472. The smallest absolute Gasteiger partial charge is 0.319 e. The van der Waals surface area contributed by atoms with Crippen molar-refractivity contribution < 1.29 is 14.3 Å². The largest absolute Gasteiger partial charge is 0.489 e. The summed E-state index contributed by atoms with van der Waals surface area (Å²) in [5, 5.41) is 11.2. The van der Waals surface area contributed by atoms with E-state index in [1.807, 2.05) is 84.4 Å².